The molecule has 170 valence electrons. The molecular formula is C23H21ClN4O3S2. The van der Waals surface area contributed by atoms with Gasteiger partial charge in [-0.1, -0.05) is 23.4 Å². The Kier molecular flexibility index (Phi) is 6.18. The molecule has 0 saturated heterocycles. The van der Waals surface area contributed by atoms with E-state index >= 15 is 0 Å². The van der Waals surface area contributed by atoms with E-state index in [1.807, 2.05) is 55.8 Å². The third-order valence-electron chi connectivity index (χ3n) is 5.22. The number of aryl methyl sites for hydroxylation is 2. The van der Waals surface area contributed by atoms with Crippen molar-refractivity contribution in [3.63, 3.8) is 0 Å². The molecule has 10 heteroatoms. The van der Waals surface area contributed by atoms with Gasteiger partial charge in [-0.25, -0.2) is 4.98 Å². The first-order valence-corrected chi connectivity index (χ1v) is 12.5. The van der Waals surface area contributed by atoms with Crippen molar-refractivity contribution in [3.05, 3.63) is 63.4 Å². The summed E-state index contributed by atoms with van der Waals surface area (Å²) in [5.74, 6) is 3.75. The fraction of sp³-hybridized carbons (Fsp3) is 0.261. The molecule has 33 heavy (non-hydrogen) atoms. The minimum atomic E-state index is 0.266. The summed E-state index contributed by atoms with van der Waals surface area (Å²) >= 11 is 9.44. The number of aromatic nitrogens is 4. The van der Waals surface area contributed by atoms with E-state index in [1.54, 1.807) is 23.1 Å². The smallest absolute Gasteiger partial charge is 0.231 e. The molecule has 0 fully saturated rings. The van der Waals surface area contributed by atoms with Gasteiger partial charge >= 0.3 is 0 Å². The first-order valence-electron chi connectivity index (χ1n) is 10.2. The second kappa shape index (κ2) is 9.24. The van der Waals surface area contributed by atoms with Gasteiger partial charge in [-0.3, -0.25) is 0 Å². The number of thioether (sulfide) groups is 1. The van der Waals surface area contributed by atoms with Crippen molar-refractivity contribution in [3.8, 4) is 27.8 Å². The van der Waals surface area contributed by atoms with E-state index in [9.17, 15) is 0 Å². The Balaban J connectivity index is 1.21. The van der Waals surface area contributed by atoms with Crippen LogP contribution in [0, 0.1) is 13.8 Å². The van der Waals surface area contributed by atoms with Gasteiger partial charge in [0.15, 0.2) is 22.5 Å². The SMILES string of the molecule is Cc1cc(OCc2nnc(SCc3csc(-c4ccc5c(c4)OCO5)n3)n2C)cc(C)c1Cl. The van der Waals surface area contributed by atoms with Gasteiger partial charge in [-0.2, -0.15) is 0 Å². The van der Waals surface area contributed by atoms with E-state index in [2.05, 4.69) is 15.6 Å². The second-order valence-corrected chi connectivity index (χ2v) is 9.80. The molecule has 0 aliphatic carbocycles. The number of fused-ring (bicyclic) bond motifs is 1. The van der Waals surface area contributed by atoms with Crippen LogP contribution in [0.5, 0.6) is 17.2 Å². The molecule has 5 rings (SSSR count). The Hall–Kier alpha value is -2.75. The van der Waals surface area contributed by atoms with E-state index in [4.69, 9.17) is 30.8 Å². The lowest BCUT2D eigenvalue weighted by molar-refractivity contribution is 0.174. The Morgan fingerprint density at radius 1 is 1.12 bits per heavy atom. The van der Waals surface area contributed by atoms with E-state index in [0.29, 0.717) is 12.4 Å². The van der Waals surface area contributed by atoms with Gasteiger partial charge in [0.1, 0.15) is 17.4 Å². The van der Waals surface area contributed by atoms with Crippen LogP contribution < -0.4 is 14.2 Å². The van der Waals surface area contributed by atoms with Gasteiger partial charge in [0.2, 0.25) is 6.79 Å². The third-order valence-corrected chi connectivity index (χ3v) is 7.81. The number of thiazole rings is 1. The van der Waals surface area contributed by atoms with E-state index in [-0.39, 0.29) is 6.79 Å². The molecule has 0 radical (unpaired) electrons. The summed E-state index contributed by atoms with van der Waals surface area (Å²) in [5.41, 5.74) is 3.99. The molecule has 1 aliphatic rings. The maximum absolute atomic E-state index is 6.24. The van der Waals surface area contributed by atoms with Crippen molar-refractivity contribution in [2.45, 2.75) is 31.4 Å². The average Bonchev–Trinajstić information content (AvgIpc) is 3.54. The van der Waals surface area contributed by atoms with Crippen LogP contribution in [0.25, 0.3) is 10.6 Å². The topological polar surface area (TPSA) is 71.3 Å². The molecule has 3 heterocycles. The molecule has 0 spiro atoms. The van der Waals surface area contributed by atoms with Crippen LogP contribution in [0.15, 0.2) is 40.9 Å². The molecular weight excluding hydrogens is 480 g/mol. The molecule has 2 aromatic heterocycles. The lowest BCUT2D eigenvalue weighted by Crippen LogP contribution is -2.04. The number of halogens is 1. The lowest BCUT2D eigenvalue weighted by Gasteiger charge is -2.10. The van der Waals surface area contributed by atoms with Gasteiger partial charge in [0.25, 0.3) is 0 Å². The van der Waals surface area contributed by atoms with Crippen LogP contribution in [-0.2, 0) is 19.4 Å². The van der Waals surface area contributed by atoms with Crippen LogP contribution in [-0.4, -0.2) is 26.5 Å². The highest BCUT2D eigenvalue weighted by Crippen LogP contribution is 2.37. The summed E-state index contributed by atoms with van der Waals surface area (Å²) in [4.78, 5) is 4.77. The van der Waals surface area contributed by atoms with E-state index < -0.39 is 0 Å². The summed E-state index contributed by atoms with van der Waals surface area (Å²) in [7, 11) is 1.94. The standard InChI is InChI=1S/C23H21ClN4O3S2/c1-13-6-17(7-14(2)21(13)24)29-9-20-26-27-23(28(20)3)33-11-16-10-32-22(25-16)15-4-5-18-19(8-15)31-12-30-18/h4-8,10H,9,11-12H2,1-3H3. The lowest BCUT2D eigenvalue weighted by atomic mass is 10.1. The van der Waals surface area contributed by atoms with Gasteiger partial charge < -0.3 is 18.8 Å². The average molecular weight is 501 g/mol. The van der Waals surface area contributed by atoms with Crippen LogP contribution in [0.2, 0.25) is 5.02 Å². The number of hydrogen-bond donors (Lipinski definition) is 0. The summed E-state index contributed by atoms with van der Waals surface area (Å²) in [6.45, 7) is 4.53. The number of hydrogen-bond acceptors (Lipinski definition) is 8. The van der Waals surface area contributed by atoms with Crippen molar-refractivity contribution in [2.75, 3.05) is 6.79 Å². The normalized spacial score (nSPS) is 12.4. The minimum absolute atomic E-state index is 0.266. The van der Waals surface area contributed by atoms with Gasteiger partial charge in [0, 0.05) is 28.8 Å². The summed E-state index contributed by atoms with van der Waals surface area (Å²) in [6, 6.07) is 9.75. The van der Waals surface area contributed by atoms with Crippen LogP contribution in [0.4, 0.5) is 0 Å². The highest BCUT2D eigenvalue weighted by Gasteiger charge is 2.16. The summed E-state index contributed by atoms with van der Waals surface area (Å²) in [6.07, 6.45) is 0. The zero-order chi connectivity index (χ0) is 22.9. The number of nitrogens with zero attached hydrogens (tertiary/aromatic N) is 4. The maximum atomic E-state index is 6.24. The molecule has 0 amide bonds. The van der Waals surface area contributed by atoms with Gasteiger partial charge in [-0.15, -0.1) is 21.5 Å². The molecule has 1 aliphatic heterocycles. The molecule has 0 saturated carbocycles. The first kappa shape index (κ1) is 22.1. The molecule has 2 aromatic carbocycles. The third kappa shape index (κ3) is 4.66. The van der Waals surface area contributed by atoms with Crippen molar-refractivity contribution in [1.29, 1.82) is 0 Å². The Morgan fingerprint density at radius 3 is 2.73 bits per heavy atom. The van der Waals surface area contributed by atoms with Crippen LogP contribution in [0.1, 0.15) is 22.6 Å². The summed E-state index contributed by atoms with van der Waals surface area (Å²) in [5, 5.41) is 13.2. The molecule has 0 bridgehead atoms. The Bertz CT molecular complexity index is 1300. The molecule has 7 nitrogen and oxygen atoms in total. The number of rotatable bonds is 7. The van der Waals surface area contributed by atoms with Crippen molar-refractivity contribution < 1.29 is 14.2 Å². The van der Waals surface area contributed by atoms with Crippen molar-refractivity contribution in [1.82, 2.24) is 19.7 Å². The fourth-order valence-electron chi connectivity index (χ4n) is 3.41. The minimum Gasteiger partial charge on any atom is -0.486 e. The Labute approximate surface area is 204 Å². The van der Waals surface area contributed by atoms with Gasteiger partial charge in [-0.05, 0) is 55.3 Å². The fourth-order valence-corrected chi connectivity index (χ4v) is 5.26. The number of benzene rings is 2. The van der Waals surface area contributed by atoms with Crippen LogP contribution >= 0.6 is 34.7 Å². The predicted octanol–water partition coefficient (Wildman–Crippen LogP) is 5.81. The monoisotopic (exact) mass is 500 g/mol. The van der Waals surface area contributed by atoms with Gasteiger partial charge in [0.05, 0.1) is 5.69 Å². The van der Waals surface area contributed by atoms with E-state index in [1.165, 1.54) is 0 Å². The molecule has 0 unspecified atom stereocenters. The first-order chi connectivity index (χ1) is 16.0. The highest BCUT2D eigenvalue weighted by atomic mass is 35.5. The van der Waals surface area contributed by atoms with Crippen molar-refractivity contribution >= 4 is 34.7 Å². The molecule has 4 aromatic rings. The molecule has 0 atom stereocenters. The zero-order valence-corrected chi connectivity index (χ0v) is 20.7. The second-order valence-electron chi connectivity index (χ2n) is 7.62. The van der Waals surface area contributed by atoms with E-state index in [0.717, 1.165) is 60.6 Å². The summed E-state index contributed by atoms with van der Waals surface area (Å²) < 4.78 is 18.7. The zero-order valence-electron chi connectivity index (χ0n) is 18.3. The molecule has 0 N–H and O–H groups in total. The number of ether oxygens (including phenoxy) is 3. The highest BCUT2D eigenvalue weighted by molar-refractivity contribution is 7.98. The van der Waals surface area contributed by atoms with Crippen molar-refractivity contribution in [2.24, 2.45) is 7.05 Å². The van der Waals surface area contributed by atoms with Crippen LogP contribution in [0.3, 0.4) is 0 Å². The maximum Gasteiger partial charge on any atom is 0.231 e. The Morgan fingerprint density at radius 2 is 1.91 bits per heavy atom. The predicted molar refractivity (Wildman–Crippen MR) is 129 cm³/mol. The largest absolute Gasteiger partial charge is 0.486 e. The quantitative estimate of drug-likeness (QED) is 0.296.